The van der Waals surface area contributed by atoms with Crippen molar-refractivity contribution in [1.82, 2.24) is 4.98 Å². The quantitative estimate of drug-likeness (QED) is 0.660. The van der Waals surface area contributed by atoms with Crippen LogP contribution in [0.3, 0.4) is 0 Å². The molecule has 0 fully saturated rings. The van der Waals surface area contributed by atoms with E-state index in [1.165, 1.54) is 11.4 Å². The van der Waals surface area contributed by atoms with E-state index in [9.17, 15) is 8.42 Å². The molecule has 0 radical (unpaired) electrons. The third kappa shape index (κ3) is 3.07. The maximum atomic E-state index is 11.7. The summed E-state index contributed by atoms with van der Waals surface area (Å²) in [6.45, 7) is 2.13. The molecule has 0 atom stereocenters. The standard InChI is InChI=1S/C19H17ClN2O4S/c1-11-14-8-16-17(26-10-25-16)9-15(14)21-19(18(11)20)12-4-6-13(7-5-12)22(2)27(3,23)24/h4-9H,10H2,1-3H3. The molecular weight excluding hydrogens is 388 g/mol. The molecule has 1 aliphatic heterocycles. The average Bonchev–Trinajstić information content (AvgIpc) is 3.09. The normalized spacial score (nSPS) is 13.2. The van der Waals surface area contributed by atoms with Gasteiger partial charge in [-0.1, -0.05) is 23.7 Å². The van der Waals surface area contributed by atoms with E-state index >= 15 is 0 Å². The molecule has 2 aromatic carbocycles. The van der Waals surface area contributed by atoms with Gasteiger partial charge in [0, 0.05) is 24.1 Å². The molecule has 0 amide bonds. The van der Waals surface area contributed by atoms with Crippen molar-refractivity contribution >= 4 is 38.2 Å². The lowest BCUT2D eigenvalue weighted by atomic mass is 10.0. The van der Waals surface area contributed by atoms with E-state index in [1.54, 1.807) is 12.1 Å². The molecule has 0 saturated heterocycles. The highest BCUT2D eigenvalue weighted by Gasteiger charge is 2.19. The van der Waals surface area contributed by atoms with E-state index < -0.39 is 10.0 Å². The molecule has 1 aliphatic rings. The SMILES string of the molecule is Cc1c(Cl)c(-c2ccc(N(C)S(C)(=O)=O)cc2)nc2cc3c(cc12)OCO3. The van der Waals surface area contributed by atoms with Crippen molar-refractivity contribution < 1.29 is 17.9 Å². The zero-order valence-corrected chi connectivity index (χ0v) is 16.6. The molecule has 3 aromatic rings. The van der Waals surface area contributed by atoms with Gasteiger partial charge in [-0.15, -0.1) is 0 Å². The first-order valence-electron chi connectivity index (χ1n) is 8.19. The highest BCUT2D eigenvalue weighted by atomic mass is 35.5. The van der Waals surface area contributed by atoms with Crippen molar-refractivity contribution in [3.8, 4) is 22.8 Å². The summed E-state index contributed by atoms with van der Waals surface area (Å²) in [6, 6.07) is 10.8. The van der Waals surface area contributed by atoms with Crippen molar-refractivity contribution in [3.63, 3.8) is 0 Å². The predicted molar refractivity (Wildman–Crippen MR) is 106 cm³/mol. The van der Waals surface area contributed by atoms with Crippen LogP contribution in [0.4, 0.5) is 5.69 Å². The molecule has 6 nitrogen and oxygen atoms in total. The molecule has 8 heteroatoms. The largest absolute Gasteiger partial charge is 0.454 e. The Balaban J connectivity index is 1.82. The Kier molecular flexibility index (Phi) is 4.16. The molecule has 0 spiro atoms. The summed E-state index contributed by atoms with van der Waals surface area (Å²) in [5.41, 5.74) is 3.65. The molecule has 1 aromatic heterocycles. The zero-order chi connectivity index (χ0) is 19.3. The van der Waals surface area contributed by atoms with E-state index in [1.807, 2.05) is 31.2 Å². The average molecular weight is 405 g/mol. The van der Waals surface area contributed by atoms with E-state index in [0.29, 0.717) is 27.9 Å². The first kappa shape index (κ1) is 17.9. The highest BCUT2D eigenvalue weighted by molar-refractivity contribution is 7.92. The minimum atomic E-state index is -3.32. The molecule has 0 N–H and O–H groups in total. The van der Waals surface area contributed by atoms with Gasteiger partial charge < -0.3 is 9.47 Å². The molecule has 27 heavy (non-hydrogen) atoms. The summed E-state index contributed by atoms with van der Waals surface area (Å²) in [7, 11) is -1.80. The topological polar surface area (TPSA) is 68.7 Å². The van der Waals surface area contributed by atoms with Crippen molar-refractivity contribution in [2.24, 2.45) is 0 Å². The van der Waals surface area contributed by atoms with Gasteiger partial charge in [0.05, 0.1) is 28.2 Å². The minimum Gasteiger partial charge on any atom is -0.454 e. The van der Waals surface area contributed by atoms with Crippen LogP contribution in [0.2, 0.25) is 5.02 Å². The molecule has 2 heterocycles. The third-order valence-electron chi connectivity index (χ3n) is 4.67. The number of aryl methyl sites for hydroxylation is 1. The van der Waals surface area contributed by atoms with Gasteiger partial charge in [0.25, 0.3) is 0 Å². The summed E-state index contributed by atoms with van der Waals surface area (Å²) in [4.78, 5) is 4.71. The van der Waals surface area contributed by atoms with Crippen molar-refractivity contribution in [2.75, 3.05) is 24.4 Å². The molecule has 140 valence electrons. The molecular formula is C19H17ClN2O4S. The maximum absolute atomic E-state index is 11.7. The fourth-order valence-corrected chi connectivity index (χ4v) is 3.76. The van der Waals surface area contributed by atoms with Crippen LogP contribution in [0.1, 0.15) is 5.56 Å². The number of hydrogen-bond acceptors (Lipinski definition) is 5. The van der Waals surface area contributed by atoms with Gasteiger partial charge in [0.1, 0.15) is 0 Å². The molecule has 4 rings (SSSR count). The summed E-state index contributed by atoms with van der Waals surface area (Å²) in [6.07, 6.45) is 1.16. The fourth-order valence-electron chi connectivity index (χ4n) is 3.00. The number of rotatable bonds is 3. The lowest BCUT2D eigenvalue weighted by Crippen LogP contribution is -2.24. The van der Waals surface area contributed by atoms with Gasteiger partial charge in [-0.2, -0.15) is 0 Å². The minimum absolute atomic E-state index is 0.195. The third-order valence-corrected chi connectivity index (χ3v) is 6.33. The van der Waals surface area contributed by atoms with Crippen LogP contribution in [0.5, 0.6) is 11.5 Å². The summed E-state index contributed by atoms with van der Waals surface area (Å²) < 4.78 is 35.5. The van der Waals surface area contributed by atoms with Crippen LogP contribution in [-0.4, -0.2) is 33.5 Å². The van der Waals surface area contributed by atoms with Gasteiger partial charge in [0.15, 0.2) is 11.5 Å². The Hall–Kier alpha value is -2.51. The first-order valence-corrected chi connectivity index (χ1v) is 10.4. The Labute approximate surface area is 162 Å². The lowest BCUT2D eigenvalue weighted by molar-refractivity contribution is 0.174. The maximum Gasteiger partial charge on any atom is 0.231 e. The number of aromatic nitrogens is 1. The molecule has 0 saturated carbocycles. The van der Waals surface area contributed by atoms with Crippen molar-refractivity contribution in [3.05, 3.63) is 47.0 Å². The summed E-state index contributed by atoms with van der Waals surface area (Å²) >= 11 is 6.59. The number of anilines is 1. The number of benzene rings is 2. The summed E-state index contributed by atoms with van der Waals surface area (Å²) in [5, 5.41) is 1.45. The van der Waals surface area contributed by atoms with Crippen molar-refractivity contribution in [1.29, 1.82) is 0 Å². The molecule has 0 bridgehead atoms. The van der Waals surface area contributed by atoms with Gasteiger partial charge >= 0.3 is 0 Å². The number of fused-ring (bicyclic) bond motifs is 2. The number of pyridine rings is 1. The second-order valence-electron chi connectivity index (χ2n) is 6.40. The Morgan fingerprint density at radius 3 is 2.37 bits per heavy atom. The van der Waals surface area contributed by atoms with E-state index in [2.05, 4.69) is 0 Å². The predicted octanol–water partition coefficient (Wildman–Crippen LogP) is 3.99. The van der Waals surface area contributed by atoms with E-state index in [-0.39, 0.29) is 6.79 Å². The van der Waals surface area contributed by atoms with Crippen LogP contribution < -0.4 is 13.8 Å². The van der Waals surface area contributed by atoms with Crippen LogP contribution in [0.25, 0.3) is 22.2 Å². The van der Waals surface area contributed by atoms with E-state index in [4.69, 9.17) is 26.1 Å². The van der Waals surface area contributed by atoms with Crippen LogP contribution in [0.15, 0.2) is 36.4 Å². The van der Waals surface area contributed by atoms with Crippen LogP contribution in [-0.2, 0) is 10.0 Å². The van der Waals surface area contributed by atoms with Gasteiger partial charge in [-0.05, 0) is 30.7 Å². The first-order chi connectivity index (χ1) is 12.8. The number of sulfonamides is 1. The van der Waals surface area contributed by atoms with E-state index in [0.717, 1.165) is 28.3 Å². The molecule has 0 unspecified atom stereocenters. The van der Waals surface area contributed by atoms with Crippen LogP contribution >= 0.6 is 11.6 Å². The zero-order valence-electron chi connectivity index (χ0n) is 15.0. The Morgan fingerprint density at radius 1 is 1.11 bits per heavy atom. The summed E-state index contributed by atoms with van der Waals surface area (Å²) in [5.74, 6) is 1.34. The fraction of sp³-hybridized carbons (Fsp3) is 0.211. The molecule has 0 aliphatic carbocycles. The number of nitrogens with zero attached hydrogens (tertiary/aromatic N) is 2. The number of halogens is 1. The van der Waals surface area contributed by atoms with Crippen molar-refractivity contribution in [2.45, 2.75) is 6.92 Å². The Morgan fingerprint density at radius 2 is 1.74 bits per heavy atom. The monoisotopic (exact) mass is 404 g/mol. The number of hydrogen-bond donors (Lipinski definition) is 0. The van der Waals surface area contributed by atoms with Gasteiger partial charge in [-0.3, -0.25) is 4.31 Å². The smallest absolute Gasteiger partial charge is 0.231 e. The van der Waals surface area contributed by atoms with Gasteiger partial charge in [0.2, 0.25) is 16.8 Å². The highest BCUT2D eigenvalue weighted by Crippen LogP contribution is 2.40. The lowest BCUT2D eigenvalue weighted by Gasteiger charge is -2.17. The number of ether oxygens (including phenoxy) is 2. The Bertz CT molecular complexity index is 1160. The van der Waals surface area contributed by atoms with Crippen LogP contribution in [0, 0.1) is 6.92 Å². The van der Waals surface area contributed by atoms with Gasteiger partial charge in [-0.25, -0.2) is 13.4 Å². The second-order valence-corrected chi connectivity index (χ2v) is 8.79. The second kappa shape index (κ2) is 6.28.